The normalized spacial score (nSPS) is 23.1. The lowest BCUT2D eigenvalue weighted by molar-refractivity contribution is -0.143. The summed E-state index contributed by atoms with van der Waals surface area (Å²) < 4.78 is 0. The topological polar surface area (TPSA) is 38.7 Å². The zero-order valence-electron chi connectivity index (χ0n) is 11.8. The summed E-state index contributed by atoms with van der Waals surface area (Å²) in [6.07, 6.45) is 1.64. The van der Waals surface area contributed by atoms with Gasteiger partial charge in [0.1, 0.15) is 5.92 Å². The van der Waals surface area contributed by atoms with Crippen molar-refractivity contribution >= 4 is 23.3 Å². The van der Waals surface area contributed by atoms with Gasteiger partial charge in [-0.25, -0.2) is 4.79 Å². The summed E-state index contributed by atoms with van der Waals surface area (Å²) in [5.41, 5.74) is 4.36. The smallest absolute Gasteiger partial charge is 0.318 e. The van der Waals surface area contributed by atoms with E-state index in [0.717, 1.165) is 24.1 Å². The second kappa shape index (κ2) is 5.25. The molecule has 2 unspecified atom stereocenters. The molecule has 0 saturated heterocycles. The third-order valence-electron chi connectivity index (χ3n) is 4.47. The third-order valence-corrected chi connectivity index (χ3v) is 4.72. The molecule has 0 radical (unpaired) electrons. The molecule has 2 aliphatic rings. The quantitative estimate of drug-likeness (QED) is 0.748. The first-order valence-corrected chi connectivity index (χ1v) is 7.73. The maximum absolute atomic E-state index is 12.3. The molecule has 3 nitrogen and oxygen atoms in total. The summed E-state index contributed by atoms with van der Waals surface area (Å²) in [4.78, 5) is 17.2. The molecule has 0 spiro atoms. The molecule has 2 aromatic carbocycles. The van der Waals surface area contributed by atoms with E-state index in [9.17, 15) is 4.79 Å². The highest BCUT2D eigenvalue weighted by molar-refractivity contribution is 6.30. The van der Waals surface area contributed by atoms with Crippen LogP contribution in [0.3, 0.4) is 0 Å². The Kier molecular flexibility index (Phi) is 3.23. The predicted molar refractivity (Wildman–Crippen MR) is 85.1 cm³/mol. The average Bonchev–Trinajstić information content (AvgIpc) is 2.80. The Morgan fingerprint density at radius 2 is 1.77 bits per heavy atom. The molecule has 110 valence electrons. The number of hydrogen-bond donors (Lipinski definition) is 0. The Balaban J connectivity index is 1.91. The molecule has 2 aromatic rings. The highest BCUT2D eigenvalue weighted by atomic mass is 35.5. The van der Waals surface area contributed by atoms with Crippen molar-refractivity contribution < 1.29 is 9.63 Å². The van der Waals surface area contributed by atoms with Gasteiger partial charge in [-0.2, -0.15) is 0 Å². The largest absolute Gasteiger partial charge is 0.344 e. The number of fused-ring (bicyclic) bond motifs is 2. The molecular formula is C18H14ClNO2. The first-order chi connectivity index (χ1) is 10.7. The lowest BCUT2D eigenvalue weighted by Gasteiger charge is -2.22. The minimum Gasteiger partial charge on any atom is -0.318 e. The lowest BCUT2D eigenvalue weighted by atomic mass is 9.79. The van der Waals surface area contributed by atoms with Gasteiger partial charge in [0.25, 0.3) is 0 Å². The Hall–Kier alpha value is -2.13. The number of carbonyl (C=O) groups excluding carboxylic acids is 1. The zero-order valence-corrected chi connectivity index (χ0v) is 12.6. The Labute approximate surface area is 133 Å². The molecule has 22 heavy (non-hydrogen) atoms. The number of oxime groups is 1. The van der Waals surface area contributed by atoms with Crippen molar-refractivity contribution in [1.82, 2.24) is 0 Å². The van der Waals surface area contributed by atoms with Crippen LogP contribution in [-0.2, 0) is 16.1 Å². The molecule has 0 saturated carbocycles. The molecule has 0 amide bonds. The maximum atomic E-state index is 12.3. The Bertz CT molecular complexity index is 767. The SMILES string of the molecule is O=C1ON=C2CCc3ccccc3C(c3ccc(Cl)cc3)C12. The van der Waals surface area contributed by atoms with E-state index >= 15 is 0 Å². The minimum absolute atomic E-state index is 0.0651. The first kappa shape index (κ1) is 13.5. The monoisotopic (exact) mass is 311 g/mol. The number of benzene rings is 2. The summed E-state index contributed by atoms with van der Waals surface area (Å²) >= 11 is 6.01. The van der Waals surface area contributed by atoms with Crippen molar-refractivity contribution in [3.8, 4) is 0 Å². The van der Waals surface area contributed by atoms with Crippen molar-refractivity contribution in [3.05, 3.63) is 70.2 Å². The van der Waals surface area contributed by atoms with E-state index in [1.807, 2.05) is 36.4 Å². The van der Waals surface area contributed by atoms with E-state index in [4.69, 9.17) is 16.4 Å². The van der Waals surface area contributed by atoms with Crippen LogP contribution in [-0.4, -0.2) is 11.7 Å². The van der Waals surface area contributed by atoms with Gasteiger partial charge in [0.05, 0.1) is 5.71 Å². The van der Waals surface area contributed by atoms with E-state index in [-0.39, 0.29) is 17.8 Å². The summed E-state index contributed by atoms with van der Waals surface area (Å²) in [7, 11) is 0. The van der Waals surface area contributed by atoms with Crippen molar-refractivity contribution in [2.45, 2.75) is 18.8 Å². The number of halogens is 1. The third kappa shape index (κ3) is 2.13. The highest BCUT2D eigenvalue weighted by Crippen LogP contribution is 2.41. The first-order valence-electron chi connectivity index (χ1n) is 7.35. The summed E-state index contributed by atoms with van der Waals surface area (Å²) in [5, 5.41) is 4.70. The van der Waals surface area contributed by atoms with Crippen molar-refractivity contribution in [1.29, 1.82) is 0 Å². The minimum atomic E-state index is -0.329. The van der Waals surface area contributed by atoms with Gasteiger partial charge in [-0.05, 0) is 41.7 Å². The van der Waals surface area contributed by atoms with Gasteiger partial charge in [0.15, 0.2) is 0 Å². The van der Waals surface area contributed by atoms with Crippen LogP contribution in [0.5, 0.6) is 0 Å². The Morgan fingerprint density at radius 1 is 1.00 bits per heavy atom. The van der Waals surface area contributed by atoms with Gasteiger partial charge in [-0.1, -0.05) is 53.2 Å². The number of nitrogens with zero attached hydrogens (tertiary/aromatic N) is 1. The van der Waals surface area contributed by atoms with Crippen LogP contribution < -0.4 is 0 Å². The molecule has 1 aliphatic heterocycles. The molecule has 1 heterocycles. The lowest BCUT2D eigenvalue weighted by Crippen LogP contribution is -2.25. The molecule has 4 rings (SSSR count). The van der Waals surface area contributed by atoms with Crippen LogP contribution in [0.1, 0.15) is 29.0 Å². The average molecular weight is 312 g/mol. The van der Waals surface area contributed by atoms with Gasteiger partial charge in [-0.3, -0.25) is 0 Å². The molecule has 0 fully saturated rings. The number of carbonyl (C=O) groups is 1. The van der Waals surface area contributed by atoms with Crippen LogP contribution in [0.25, 0.3) is 0 Å². The standard InChI is InChI=1S/C18H14ClNO2/c19-13-8-5-12(6-9-13)16-14-4-2-1-3-11(14)7-10-15-17(16)18(21)22-20-15/h1-6,8-9,16-17H,7,10H2. The van der Waals surface area contributed by atoms with Crippen molar-refractivity contribution in [3.63, 3.8) is 0 Å². The van der Waals surface area contributed by atoms with Gasteiger partial charge < -0.3 is 4.84 Å². The van der Waals surface area contributed by atoms with Gasteiger partial charge in [-0.15, -0.1) is 0 Å². The maximum Gasteiger partial charge on any atom is 0.344 e. The van der Waals surface area contributed by atoms with E-state index in [1.54, 1.807) is 0 Å². The van der Waals surface area contributed by atoms with Crippen molar-refractivity contribution in [2.75, 3.05) is 0 Å². The van der Waals surface area contributed by atoms with Gasteiger partial charge in [0, 0.05) is 10.9 Å². The number of rotatable bonds is 1. The highest BCUT2D eigenvalue weighted by Gasteiger charge is 2.42. The number of hydrogen-bond acceptors (Lipinski definition) is 3. The molecule has 1 aliphatic carbocycles. The van der Waals surface area contributed by atoms with Gasteiger partial charge >= 0.3 is 5.97 Å². The zero-order chi connectivity index (χ0) is 15.1. The molecule has 2 atom stereocenters. The summed E-state index contributed by atoms with van der Waals surface area (Å²) in [6, 6.07) is 16.0. The molecule has 0 bridgehead atoms. The summed E-state index contributed by atoms with van der Waals surface area (Å²) in [5.74, 6) is -0.652. The Morgan fingerprint density at radius 3 is 2.59 bits per heavy atom. The van der Waals surface area contributed by atoms with Gasteiger partial charge in [0.2, 0.25) is 0 Å². The summed E-state index contributed by atoms with van der Waals surface area (Å²) in [6.45, 7) is 0. The molecular weight excluding hydrogens is 298 g/mol. The van der Waals surface area contributed by atoms with E-state index < -0.39 is 0 Å². The van der Waals surface area contributed by atoms with Crippen LogP contribution in [0.15, 0.2) is 53.7 Å². The van der Waals surface area contributed by atoms with E-state index in [1.165, 1.54) is 11.1 Å². The van der Waals surface area contributed by atoms with E-state index in [0.29, 0.717) is 5.02 Å². The molecule has 0 N–H and O–H groups in total. The van der Waals surface area contributed by atoms with E-state index in [2.05, 4.69) is 17.3 Å². The fourth-order valence-electron chi connectivity index (χ4n) is 3.43. The van der Waals surface area contributed by atoms with Crippen LogP contribution in [0.2, 0.25) is 5.02 Å². The second-order valence-corrected chi connectivity index (χ2v) is 6.14. The second-order valence-electron chi connectivity index (χ2n) is 5.70. The van der Waals surface area contributed by atoms with Crippen LogP contribution in [0, 0.1) is 5.92 Å². The molecule has 4 heteroatoms. The van der Waals surface area contributed by atoms with Crippen LogP contribution >= 0.6 is 11.6 Å². The molecule has 0 aromatic heterocycles. The van der Waals surface area contributed by atoms with Crippen molar-refractivity contribution in [2.24, 2.45) is 11.1 Å². The fourth-order valence-corrected chi connectivity index (χ4v) is 3.56. The van der Waals surface area contributed by atoms with Crippen LogP contribution in [0.4, 0.5) is 0 Å². The predicted octanol–water partition coefficient (Wildman–Crippen LogP) is 3.95. The fraction of sp³-hybridized carbons (Fsp3) is 0.222. The number of aryl methyl sites for hydroxylation is 1.